The van der Waals surface area contributed by atoms with Crippen LogP contribution in [0.15, 0.2) is 36.4 Å². The Morgan fingerprint density at radius 1 is 1.00 bits per heavy atom. The van der Waals surface area contributed by atoms with Crippen molar-refractivity contribution in [2.45, 2.75) is 33.1 Å². The molecule has 0 atom stereocenters. The molecule has 0 aliphatic heterocycles. The van der Waals surface area contributed by atoms with Crippen molar-refractivity contribution in [3.63, 3.8) is 0 Å². The van der Waals surface area contributed by atoms with E-state index < -0.39 is 0 Å². The van der Waals surface area contributed by atoms with Gasteiger partial charge in [-0.25, -0.2) is 4.98 Å². The summed E-state index contributed by atoms with van der Waals surface area (Å²) in [5, 5.41) is 0. The molecule has 0 saturated heterocycles. The summed E-state index contributed by atoms with van der Waals surface area (Å²) in [5.41, 5.74) is 5.53. The molecule has 2 aromatic heterocycles. The Labute approximate surface area is 119 Å². The van der Waals surface area contributed by atoms with E-state index in [0.29, 0.717) is 0 Å². The largest absolute Gasteiger partial charge is 0.342 e. The van der Waals surface area contributed by atoms with Crippen LogP contribution in [-0.4, -0.2) is 15.0 Å². The van der Waals surface area contributed by atoms with E-state index in [-0.39, 0.29) is 0 Å². The maximum atomic E-state index is 4.67. The van der Waals surface area contributed by atoms with Crippen molar-refractivity contribution < 1.29 is 0 Å². The van der Waals surface area contributed by atoms with Crippen molar-refractivity contribution in [3.05, 3.63) is 59.2 Å². The molecular weight excluding hydrogens is 246 g/mol. The standard InChI is InChI=1S/C17H19N3/c1-12-11-15-17(13(2)18-12)20-16(19-15)10-6-9-14-7-4-3-5-8-14/h3-5,7-8,11H,6,9-10H2,1-2H3,(H,19,20). The lowest BCUT2D eigenvalue weighted by Gasteiger charge is -1.99. The van der Waals surface area contributed by atoms with Gasteiger partial charge in [-0.3, -0.25) is 4.98 Å². The number of fused-ring (bicyclic) bond motifs is 1. The summed E-state index contributed by atoms with van der Waals surface area (Å²) in [7, 11) is 0. The zero-order valence-corrected chi connectivity index (χ0v) is 12.0. The molecule has 3 heteroatoms. The van der Waals surface area contributed by atoms with Crippen molar-refractivity contribution >= 4 is 11.0 Å². The van der Waals surface area contributed by atoms with Crippen LogP contribution in [0.5, 0.6) is 0 Å². The molecule has 0 saturated carbocycles. The Balaban J connectivity index is 1.70. The first-order valence-corrected chi connectivity index (χ1v) is 7.09. The number of aromatic nitrogens is 3. The number of aryl methyl sites for hydroxylation is 4. The van der Waals surface area contributed by atoms with Gasteiger partial charge >= 0.3 is 0 Å². The Hall–Kier alpha value is -2.16. The van der Waals surface area contributed by atoms with Crippen LogP contribution in [0.3, 0.4) is 0 Å². The molecular formula is C17H19N3. The van der Waals surface area contributed by atoms with E-state index in [1.54, 1.807) is 0 Å². The van der Waals surface area contributed by atoms with Crippen LogP contribution < -0.4 is 0 Å². The average Bonchev–Trinajstić information content (AvgIpc) is 2.83. The number of pyridine rings is 1. The van der Waals surface area contributed by atoms with E-state index in [1.807, 2.05) is 13.8 Å². The second-order valence-corrected chi connectivity index (χ2v) is 5.27. The Bertz CT molecular complexity index is 714. The van der Waals surface area contributed by atoms with Gasteiger partial charge in [0.05, 0.1) is 11.2 Å². The van der Waals surface area contributed by atoms with Gasteiger partial charge in [0.2, 0.25) is 0 Å². The van der Waals surface area contributed by atoms with Gasteiger partial charge in [-0.2, -0.15) is 0 Å². The van der Waals surface area contributed by atoms with Gasteiger partial charge in [0.1, 0.15) is 11.3 Å². The van der Waals surface area contributed by atoms with E-state index >= 15 is 0 Å². The van der Waals surface area contributed by atoms with Crippen molar-refractivity contribution in [3.8, 4) is 0 Å². The maximum absolute atomic E-state index is 4.67. The average molecular weight is 265 g/mol. The highest BCUT2D eigenvalue weighted by Crippen LogP contribution is 2.16. The molecule has 102 valence electrons. The van der Waals surface area contributed by atoms with Crippen molar-refractivity contribution in [2.75, 3.05) is 0 Å². The Morgan fingerprint density at radius 2 is 1.80 bits per heavy atom. The van der Waals surface area contributed by atoms with Crippen LogP contribution in [0, 0.1) is 13.8 Å². The number of hydrogen-bond donors (Lipinski definition) is 1. The fourth-order valence-corrected chi connectivity index (χ4v) is 2.60. The van der Waals surface area contributed by atoms with E-state index in [4.69, 9.17) is 0 Å². The third kappa shape index (κ3) is 2.72. The molecule has 0 amide bonds. The molecule has 2 heterocycles. The Kier molecular flexibility index (Phi) is 3.50. The molecule has 3 aromatic rings. The first kappa shape index (κ1) is 12.9. The van der Waals surface area contributed by atoms with Gasteiger partial charge in [0, 0.05) is 12.1 Å². The monoisotopic (exact) mass is 265 g/mol. The summed E-state index contributed by atoms with van der Waals surface area (Å²) in [6.07, 6.45) is 3.17. The van der Waals surface area contributed by atoms with Crippen LogP contribution in [0.4, 0.5) is 0 Å². The summed E-state index contributed by atoms with van der Waals surface area (Å²) in [6, 6.07) is 12.7. The molecule has 0 spiro atoms. The predicted molar refractivity (Wildman–Crippen MR) is 81.8 cm³/mol. The van der Waals surface area contributed by atoms with Crippen molar-refractivity contribution in [2.24, 2.45) is 0 Å². The van der Waals surface area contributed by atoms with Crippen molar-refractivity contribution in [1.29, 1.82) is 0 Å². The molecule has 0 fully saturated rings. The van der Waals surface area contributed by atoms with E-state index in [2.05, 4.69) is 51.4 Å². The Morgan fingerprint density at radius 3 is 2.60 bits per heavy atom. The summed E-state index contributed by atoms with van der Waals surface area (Å²) in [5.74, 6) is 1.06. The number of aromatic amines is 1. The van der Waals surface area contributed by atoms with E-state index in [9.17, 15) is 0 Å². The van der Waals surface area contributed by atoms with Gasteiger partial charge in [0.25, 0.3) is 0 Å². The third-order valence-electron chi connectivity index (χ3n) is 3.54. The smallest absolute Gasteiger partial charge is 0.110 e. The fraction of sp³-hybridized carbons (Fsp3) is 0.294. The van der Waals surface area contributed by atoms with Crippen LogP contribution in [0.1, 0.15) is 29.2 Å². The molecule has 0 aliphatic carbocycles. The molecule has 1 aromatic carbocycles. The number of rotatable bonds is 4. The highest BCUT2D eigenvalue weighted by molar-refractivity contribution is 5.77. The maximum Gasteiger partial charge on any atom is 0.110 e. The van der Waals surface area contributed by atoms with Gasteiger partial charge in [-0.05, 0) is 38.3 Å². The summed E-state index contributed by atoms with van der Waals surface area (Å²) in [4.78, 5) is 12.5. The molecule has 1 N–H and O–H groups in total. The lowest BCUT2D eigenvalue weighted by atomic mass is 10.1. The molecule has 0 unspecified atom stereocenters. The summed E-state index contributed by atoms with van der Waals surface area (Å²) < 4.78 is 0. The minimum Gasteiger partial charge on any atom is -0.342 e. The normalized spacial score (nSPS) is 11.1. The van der Waals surface area contributed by atoms with Crippen LogP contribution >= 0.6 is 0 Å². The zero-order chi connectivity index (χ0) is 13.9. The third-order valence-corrected chi connectivity index (χ3v) is 3.54. The molecule has 3 rings (SSSR count). The van der Waals surface area contributed by atoms with E-state index in [0.717, 1.165) is 47.5 Å². The number of nitrogens with zero attached hydrogens (tertiary/aromatic N) is 2. The van der Waals surface area contributed by atoms with Gasteiger partial charge in [-0.15, -0.1) is 0 Å². The van der Waals surface area contributed by atoms with Crippen LogP contribution in [-0.2, 0) is 12.8 Å². The highest BCUT2D eigenvalue weighted by Gasteiger charge is 2.07. The van der Waals surface area contributed by atoms with E-state index in [1.165, 1.54) is 5.56 Å². The minimum absolute atomic E-state index is 0.974. The molecule has 0 aliphatic rings. The predicted octanol–water partition coefficient (Wildman–Crippen LogP) is 3.75. The fourth-order valence-electron chi connectivity index (χ4n) is 2.60. The topological polar surface area (TPSA) is 41.6 Å². The molecule has 0 radical (unpaired) electrons. The minimum atomic E-state index is 0.974. The van der Waals surface area contributed by atoms with Gasteiger partial charge in [0.15, 0.2) is 0 Å². The highest BCUT2D eigenvalue weighted by atomic mass is 14.9. The SMILES string of the molecule is Cc1cc2[nH]c(CCCc3ccccc3)nc2c(C)n1. The number of benzene rings is 1. The molecule has 20 heavy (non-hydrogen) atoms. The summed E-state index contributed by atoms with van der Waals surface area (Å²) in [6.45, 7) is 4.03. The first-order chi connectivity index (χ1) is 9.72. The van der Waals surface area contributed by atoms with Gasteiger partial charge < -0.3 is 4.98 Å². The quantitative estimate of drug-likeness (QED) is 0.780. The lowest BCUT2D eigenvalue weighted by molar-refractivity contribution is 0.785. The molecule has 3 nitrogen and oxygen atoms in total. The molecule has 0 bridgehead atoms. The number of imidazole rings is 1. The second-order valence-electron chi connectivity index (χ2n) is 5.27. The first-order valence-electron chi connectivity index (χ1n) is 7.09. The summed E-state index contributed by atoms with van der Waals surface area (Å²) >= 11 is 0. The van der Waals surface area contributed by atoms with Crippen LogP contribution in [0.2, 0.25) is 0 Å². The zero-order valence-electron chi connectivity index (χ0n) is 12.0. The number of hydrogen-bond acceptors (Lipinski definition) is 2. The van der Waals surface area contributed by atoms with Gasteiger partial charge in [-0.1, -0.05) is 30.3 Å². The van der Waals surface area contributed by atoms with Crippen LogP contribution in [0.25, 0.3) is 11.0 Å². The second kappa shape index (κ2) is 5.45. The van der Waals surface area contributed by atoms with Crippen molar-refractivity contribution in [1.82, 2.24) is 15.0 Å². The number of H-pyrrole nitrogens is 1. The lowest BCUT2D eigenvalue weighted by Crippen LogP contribution is -1.91. The number of nitrogens with one attached hydrogen (secondary N) is 1.